The van der Waals surface area contributed by atoms with E-state index in [0.29, 0.717) is 16.5 Å². The Morgan fingerprint density at radius 2 is 1.56 bits per heavy atom. The molecule has 171 valence electrons. The number of imide groups is 1. The molecule has 2 amide bonds. The molecule has 0 unspecified atom stereocenters. The maximum absolute atomic E-state index is 12.9. The summed E-state index contributed by atoms with van der Waals surface area (Å²) in [7, 11) is 1.27. The average Bonchev–Trinajstić information content (AvgIpc) is 2.63. The zero-order valence-electron chi connectivity index (χ0n) is 19.3. The molecule has 0 aliphatic rings. The van der Waals surface area contributed by atoms with Gasteiger partial charge in [0.15, 0.2) is 11.8 Å². The summed E-state index contributed by atoms with van der Waals surface area (Å²) in [6.07, 6.45) is -0.417. The molecule has 1 radical (unpaired) electrons. The number of nitrogens with zero attached hydrogens (tertiary/aromatic N) is 3. The maximum atomic E-state index is 12.9. The zero-order valence-corrected chi connectivity index (χ0v) is 22.1. The SMILES string of the molecule is COC(=O)[CH-]Nc1ccc2c(N(C(=O)OC(C)(C)C)C(=O)OC(C)(C)C)nncc2c1.[Y]. The molecular weight excluding hydrogens is 493 g/mol. The van der Waals surface area contributed by atoms with E-state index < -0.39 is 29.4 Å². The van der Waals surface area contributed by atoms with Gasteiger partial charge in [0, 0.05) is 49.2 Å². The number of amides is 2. The molecule has 1 aromatic heterocycles. The smallest absolute Gasteiger partial charge is 0.425 e. The van der Waals surface area contributed by atoms with Crippen molar-refractivity contribution in [2.75, 3.05) is 17.3 Å². The quantitative estimate of drug-likeness (QED) is 0.362. The summed E-state index contributed by atoms with van der Waals surface area (Å²) in [6.45, 7) is 11.3. The standard InChI is InChI=1S/C21H27N4O6.Y/c1-20(2,3)30-18(27)25(19(28)31-21(4,5)6)17-15-9-8-14(22-12-16(26)29-7)10-13(15)11-23-24-17;/h8-12,22H,1-7H3;/q-1;. The fourth-order valence-electron chi connectivity index (χ4n) is 2.39. The largest absolute Gasteiger partial charge is 0.510 e. The van der Waals surface area contributed by atoms with E-state index in [4.69, 9.17) is 9.47 Å². The predicted molar refractivity (Wildman–Crippen MR) is 114 cm³/mol. The zero-order chi connectivity index (χ0) is 23.4. The molecule has 0 atom stereocenters. The minimum Gasteiger partial charge on any atom is -0.510 e. The molecule has 11 heteroatoms. The molecule has 2 rings (SSSR count). The molecule has 0 bridgehead atoms. The second-order valence-corrected chi connectivity index (χ2v) is 8.58. The van der Waals surface area contributed by atoms with Gasteiger partial charge in [0.25, 0.3) is 0 Å². The molecule has 10 nitrogen and oxygen atoms in total. The first-order valence-corrected chi connectivity index (χ1v) is 9.50. The van der Waals surface area contributed by atoms with Crippen LogP contribution in [0.4, 0.5) is 21.1 Å². The van der Waals surface area contributed by atoms with Crippen molar-refractivity contribution in [1.82, 2.24) is 10.2 Å². The predicted octanol–water partition coefficient (Wildman–Crippen LogP) is 4.05. The Bertz CT molecular complexity index is 956. The number of hydrogen-bond donors (Lipinski definition) is 1. The van der Waals surface area contributed by atoms with Crippen molar-refractivity contribution >= 4 is 40.4 Å². The summed E-state index contributed by atoms with van der Waals surface area (Å²) in [6, 6.07) is 4.96. The van der Waals surface area contributed by atoms with Crippen LogP contribution >= 0.6 is 0 Å². The summed E-state index contributed by atoms with van der Waals surface area (Å²) >= 11 is 0. The van der Waals surface area contributed by atoms with E-state index in [1.54, 1.807) is 59.7 Å². The first kappa shape index (κ1) is 27.6. The summed E-state index contributed by atoms with van der Waals surface area (Å²) in [5.41, 5.74) is -1.13. The van der Waals surface area contributed by atoms with E-state index in [1.165, 1.54) is 13.3 Å². The number of nitrogens with one attached hydrogen (secondary N) is 1. The molecule has 0 aliphatic carbocycles. The van der Waals surface area contributed by atoms with Crippen molar-refractivity contribution in [1.29, 1.82) is 0 Å². The number of carbonyl (C=O) groups is 3. The van der Waals surface area contributed by atoms with Gasteiger partial charge < -0.3 is 19.5 Å². The Morgan fingerprint density at radius 3 is 2.06 bits per heavy atom. The van der Waals surface area contributed by atoms with Crippen LogP contribution in [-0.2, 0) is 51.7 Å². The number of esters is 1. The summed E-state index contributed by atoms with van der Waals surface area (Å²) in [5, 5.41) is 11.7. The fourth-order valence-corrected chi connectivity index (χ4v) is 2.39. The van der Waals surface area contributed by atoms with Crippen LogP contribution in [0.25, 0.3) is 10.8 Å². The number of anilines is 2. The number of hydrogen-bond acceptors (Lipinski definition) is 9. The number of methoxy groups -OCH3 is 1. The van der Waals surface area contributed by atoms with Crippen molar-refractivity contribution in [2.45, 2.75) is 52.7 Å². The van der Waals surface area contributed by atoms with Crippen LogP contribution in [0.2, 0.25) is 0 Å². The van der Waals surface area contributed by atoms with E-state index in [0.717, 1.165) is 11.4 Å². The minimum atomic E-state index is -0.940. The van der Waals surface area contributed by atoms with Gasteiger partial charge in [0.1, 0.15) is 11.2 Å². The summed E-state index contributed by atoms with van der Waals surface area (Å²) in [5.74, 6) is -0.584. The van der Waals surface area contributed by atoms with Gasteiger partial charge in [-0.25, -0.2) is 16.1 Å². The Hall–Kier alpha value is -2.46. The molecule has 2 aromatic rings. The second-order valence-electron chi connectivity index (χ2n) is 8.58. The van der Waals surface area contributed by atoms with Gasteiger partial charge in [-0.3, -0.25) is 4.79 Å². The molecule has 1 aromatic carbocycles. The Morgan fingerprint density at radius 1 is 1.00 bits per heavy atom. The molecular formula is C21H27N4O6Y-. The van der Waals surface area contributed by atoms with Gasteiger partial charge in [-0.1, -0.05) is 0 Å². The van der Waals surface area contributed by atoms with Crippen LogP contribution < -0.4 is 10.2 Å². The molecule has 0 fully saturated rings. The van der Waals surface area contributed by atoms with Crippen LogP contribution in [0.15, 0.2) is 24.4 Å². The van der Waals surface area contributed by atoms with Crippen LogP contribution in [0.1, 0.15) is 41.5 Å². The van der Waals surface area contributed by atoms with Crippen LogP contribution in [0.5, 0.6) is 0 Å². The number of rotatable bonds is 4. The molecule has 1 heterocycles. The van der Waals surface area contributed by atoms with Crippen LogP contribution in [0.3, 0.4) is 0 Å². The first-order chi connectivity index (χ1) is 14.3. The average molecular weight is 520 g/mol. The van der Waals surface area contributed by atoms with E-state index >= 15 is 0 Å². The third-order valence-electron chi connectivity index (χ3n) is 3.56. The van der Waals surface area contributed by atoms with Crippen molar-refractivity contribution in [3.05, 3.63) is 30.9 Å². The van der Waals surface area contributed by atoms with Gasteiger partial charge in [-0.2, -0.15) is 10.00 Å². The minimum absolute atomic E-state index is 0. The Kier molecular flexibility index (Phi) is 9.41. The number of fused-ring (bicyclic) bond motifs is 1. The van der Waals surface area contributed by atoms with Crippen molar-refractivity contribution in [3.8, 4) is 0 Å². The van der Waals surface area contributed by atoms with Crippen molar-refractivity contribution < 1.29 is 61.3 Å². The first-order valence-electron chi connectivity index (χ1n) is 9.50. The van der Waals surface area contributed by atoms with Gasteiger partial charge in [0.2, 0.25) is 0 Å². The van der Waals surface area contributed by atoms with Gasteiger partial charge >= 0.3 is 12.2 Å². The topological polar surface area (TPSA) is 120 Å². The fraction of sp³-hybridized carbons (Fsp3) is 0.429. The Balaban J connectivity index is 0.00000512. The van der Waals surface area contributed by atoms with Gasteiger partial charge in [0.05, 0.1) is 13.3 Å². The third-order valence-corrected chi connectivity index (χ3v) is 3.56. The second kappa shape index (κ2) is 10.9. The van der Waals surface area contributed by atoms with E-state index in [2.05, 4.69) is 20.3 Å². The van der Waals surface area contributed by atoms with Crippen LogP contribution in [0, 0.1) is 6.54 Å². The van der Waals surface area contributed by atoms with Crippen molar-refractivity contribution in [2.24, 2.45) is 0 Å². The van der Waals surface area contributed by atoms with E-state index in [1.807, 2.05) is 0 Å². The Labute approximate surface area is 212 Å². The molecule has 0 saturated carbocycles. The molecule has 1 N–H and O–H groups in total. The normalized spacial score (nSPS) is 11.1. The van der Waals surface area contributed by atoms with E-state index in [9.17, 15) is 14.4 Å². The van der Waals surface area contributed by atoms with Gasteiger partial charge in [-0.05, 0) is 59.7 Å². The maximum Gasteiger partial charge on any atom is 0.425 e. The van der Waals surface area contributed by atoms with E-state index in [-0.39, 0.29) is 38.5 Å². The summed E-state index contributed by atoms with van der Waals surface area (Å²) < 4.78 is 15.3. The van der Waals surface area contributed by atoms with Crippen LogP contribution in [-0.4, -0.2) is 46.7 Å². The number of ether oxygens (including phenoxy) is 3. The number of benzene rings is 1. The molecule has 32 heavy (non-hydrogen) atoms. The summed E-state index contributed by atoms with van der Waals surface area (Å²) in [4.78, 5) is 37.8. The number of carbonyl (C=O) groups excluding carboxylic acids is 3. The molecule has 0 aliphatic heterocycles. The van der Waals surface area contributed by atoms with Crippen molar-refractivity contribution in [3.63, 3.8) is 0 Å². The third kappa shape index (κ3) is 7.91. The monoisotopic (exact) mass is 520 g/mol. The molecule has 0 saturated heterocycles. The number of aromatic nitrogens is 2. The van der Waals surface area contributed by atoms with Gasteiger partial charge in [-0.15, -0.1) is 5.10 Å². The molecule has 0 spiro atoms.